The standard InChI is InChI=1S/C36H45ClN8O7S/c1-21(2)25-20-45(42-40-25)29-17-28(24-11-12-27(51-5)30(37)31(24)38-29)52-23-16-26-32(46)43(4)15-9-7-6-8-10-22-18-36(22,39-34(48)44(26)19-23)33(47)41-53(49,50)35(3)13-14-35/h8,10-12,17,20-23,26H,6-7,9,13-16,18-19H2,1-5H3,(H,39,48)(H,41,47)/b10-8+/t22-,23+,26+,36-/m1/s1. The Hall–Kier alpha value is -4.44. The third-order valence-corrected chi connectivity index (χ3v) is 13.5. The van der Waals surface area contributed by atoms with Gasteiger partial charge in [-0.3, -0.25) is 14.3 Å². The van der Waals surface area contributed by atoms with Crippen LogP contribution in [0, 0.1) is 5.92 Å². The molecule has 4 aliphatic rings. The van der Waals surface area contributed by atoms with Crippen LogP contribution in [-0.2, 0) is 19.6 Å². The number of sulfonamides is 1. The van der Waals surface area contributed by atoms with Crippen LogP contribution in [0.1, 0.15) is 77.3 Å². The first-order valence-corrected chi connectivity index (χ1v) is 19.9. The zero-order valence-corrected chi connectivity index (χ0v) is 32.0. The quantitative estimate of drug-likeness (QED) is 0.318. The molecule has 17 heteroatoms. The first kappa shape index (κ1) is 36.9. The van der Waals surface area contributed by atoms with E-state index >= 15 is 0 Å². The van der Waals surface area contributed by atoms with Crippen LogP contribution < -0.4 is 19.5 Å². The van der Waals surface area contributed by atoms with E-state index in [1.54, 1.807) is 43.3 Å². The number of nitrogens with zero attached hydrogens (tertiary/aromatic N) is 6. The summed E-state index contributed by atoms with van der Waals surface area (Å²) < 4.78 is 41.1. The van der Waals surface area contributed by atoms with Crippen LogP contribution in [0.4, 0.5) is 4.79 Å². The predicted octanol–water partition coefficient (Wildman–Crippen LogP) is 4.09. The summed E-state index contributed by atoms with van der Waals surface area (Å²) in [5, 5.41) is 12.3. The maximum Gasteiger partial charge on any atom is 0.319 e. The fourth-order valence-corrected chi connectivity index (χ4v) is 8.60. The van der Waals surface area contributed by atoms with Crippen molar-refractivity contribution in [3.05, 3.63) is 47.3 Å². The lowest BCUT2D eigenvalue weighted by atomic mass is 10.1. The highest BCUT2D eigenvalue weighted by atomic mass is 35.5. The van der Waals surface area contributed by atoms with Crippen LogP contribution in [-0.4, -0.2) is 106 Å². The molecule has 15 nitrogen and oxygen atoms in total. The smallest absolute Gasteiger partial charge is 0.319 e. The Balaban J connectivity index is 1.21. The van der Waals surface area contributed by atoms with Gasteiger partial charge >= 0.3 is 6.03 Å². The molecule has 2 aliphatic carbocycles. The van der Waals surface area contributed by atoms with Crippen molar-refractivity contribution >= 4 is 50.4 Å². The number of nitrogens with one attached hydrogen (secondary N) is 2. The van der Waals surface area contributed by atoms with Gasteiger partial charge in [0.05, 0.1) is 35.8 Å². The number of benzene rings is 1. The van der Waals surface area contributed by atoms with Crippen molar-refractivity contribution in [2.75, 3.05) is 27.2 Å². The van der Waals surface area contributed by atoms with Crippen molar-refractivity contribution in [2.45, 2.75) is 94.1 Å². The predicted molar refractivity (Wildman–Crippen MR) is 197 cm³/mol. The van der Waals surface area contributed by atoms with Crippen LogP contribution in [0.2, 0.25) is 5.02 Å². The number of hydrogen-bond donors (Lipinski definition) is 2. The van der Waals surface area contributed by atoms with Gasteiger partial charge in [-0.05, 0) is 63.5 Å². The fraction of sp³-hybridized carbons (Fsp3) is 0.556. The van der Waals surface area contributed by atoms with Gasteiger partial charge in [0.15, 0.2) is 5.82 Å². The molecule has 1 aromatic carbocycles. The minimum Gasteiger partial charge on any atom is -0.495 e. The lowest BCUT2D eigenvalue weighted by Crippen LogP contribution is -2.58. The first-order valence-electron chi connectivity index (χ1n) is 18.0. The van der Waals surface area contributed by atoms with Gasteiger partial charge in [-0.25, -0.2) is 22.9 Å². The number of aromatic nitrogens is 4. The highest BCUT2D eigenvalue weighted by molar-refractivity contribution is 7.91. The number of urea groups is 1. The molecular formula is C36H45ClN8O7S. The maximum atomic E-state index is 14.2. The molecule has 2 saturated carbocycles. The van der Waals surface area contributed by atoms with Crippen molar-refractivity contribution in [3.63, 3.8) is 0 Å². The van der Waals surface area contributed by atoms with Crippen molar-refractivity contribution in [1.82, 2.24) is 39.8 Å². The van der Waals surface area contributed by atoms with Gasteiger partial charge in [-0.1, -0.05) is 42.8 Å². The second-order valence-corrected chi connectivity index (χ2v) is 17.7. The van der Waals surface area contributed by atoms with E-state index < -0.39 is 50.3 Å². The van der Waals surface area contributed by atoms with E-state index in [1.807, 2.05) is 26.0 Å². The molecule has 2 aromatic heterocycles. The Labute approximate surface area is 313 Å². The highest BCUT2D eigenvalue weighted by Crippen LogP contribution is 2.47. The lowest BCUT2D eigenvalue weighted by Gasteiger charge is -2.30. The molecule has 2 N–H and O–H groups in total. The summed E-state index contributed by atoms with van der Waals surface area (Å²) in [5.41, 5.74) is -0.308. The van der Waals surface area contributed by atoms with E-state index in [9.17, 15) is 22.8 Å². The Morgan fingerprint density at radius 3 is 2.64 bits per heavy atom. The van der Waals surface area contributed by atoms with Gasteiger partial charge in [-0.2, -0.15) is 0 Å². The van der Waals surface area contributed by atoms with Crippen LogP contribution in [0.15, 0.2) is 36.5 Å². The second-order valence-electron chi connectivity index (χ2n) is 15.1. The number of pyridine rings is 1. The number of amides is 4. The number of hydrogen-bond acceptors (Lipinski definition) is 10. The number of methoxy groups -OCH3 is 1. The molecule has 0 unspecified atom stereocenters. The minimum absolute atomic E-state index is 0.00845. The molecule has 0 bridgehead atoms. The summed E-state index contributed by atoms with van der Waals surface area (Å²) in [6.07, 6.45) is 8.54. The van der Waals surface area contributed by atoms with Crippen LogP contribution >= 0.6 is 11.6 Å². The SMILES string of the molecule is COc1ccc2c(O[C@H]3C[C@H]4C(=O)N(C)CCCC/C=C/[C@@H]5C[C@@]5(C(=O)NS(=O)(=O)C5(C)CC5)NC(=O)N4C3)cc(-n3cc(C(C)C)nn3)nc2c1Cl. The van der Waals surface area contributed by atoms with Crippen LogP contribution in [0.5, 0.6) is 11.5 Å². The summed E-state index contributed by atoms with van der Waals surface area (Å²) in [5.74, 6) is -0.0972. The zero-order valence-electron chi connectivity index (χ0n) is 30.5. The van der Waals surface area contributed by atoms with Crippen molar-refractivity contribution in [3.8, 4) is 17.3 Å². The van der Waals surface area contributed by atoms with Crippen molar-refractivity contribution in [1.29, 1.82) is 0 Å². The lowest BCUT2D eigenvalue weighted by molar-refractivity contribution is -0.134. The molecule has 4 amide bonds. The normalized spacial score (nSPS) is 26.4. The fourth-order valence-electron chi connectivity index (χ4n) is 7.00. The van der Waals surface area contributed by atoms with Crippen molar-refractivity contribution < 1.29 is 32.3 Å². The third kappa shape index (κ3) is 6.91. The molecule has 3 aromatic rings. The molecule has 284 valence electrons. The molecule has 2 aliphatic heterocycles. The minimum atomic E-state index is -3.96. The summed E-state index contributed by atoms with van der Waals surface area (Å²) >= 11 is 6.77. The highest BCUT2D eigenvalue weighted by Gasteiger charge is 2.63. The van der Waals surface area contributed by atoms with Gasteiger partial charge in [0.2, 0.25) is 15.9 Å². The van der Waals surface area contributed by atoms with Crippen molar-refractivity contribution in [2.24, 2.45) is 5.92 Å². The molecule has 4 atom stereocenters. The van der Waals surface area contributed by atoms with E-state index in [4.69, 9.17) is 26.1 Å². The average Bonchev–Trinajstić information content (AvgIpc) is 3.89. The number of carbonyl (C=O) groups excluding carboxylic acids is 3. The third-order valence-electron chi connectivity index (χ3n) is 10.9. The topological polar surface area (TPSA) is 178 Å². The summed E-state index contributed by atoms with van der Waals surface area (Å²) in [6, 6.07) is 3.64. The zero-order chi connectivity index (χ0) is 37.9. The molecular weight excluding hydrogens is 724 g/mol. The van der Waals surface area contributed by atoms with Gasteiger partial charge in [0, 0.05) is 37.4 Å². The molecule has 3 fully saturated rings. The number of allylic oxidation sites excluding steroid dienone is 1. The second kappa shape index (κ2) is 13.8. The average molecular weight is 769 g/mol. The number of halogens is 1. The number of ether oxygens (including phenoxy) is 2. The molecule has 0 spiro atoms. The number of rotatable bonds is 8. The van der Waals surface area contributed by atoms with Crippen LogP contribution in [0.25, 0.3) is 16.7 Å². The first-order chi connectivity index (χ1) is 25.2. The number of fused-ring (bicyclic) bond motifs is 3. The maximum absolute atomic E-state index is 14.2. The van der Waals surface area contributed by atoms with E-state index in [-0.39, 0.29) is 36.2 Å². The summed E-state index contributed by atoms with van der Waals surface area (Å²) in [4.78, 5) is 49.8. The molecule has 53 heavy (non-hydrogen) atoms. The molecule has 0 radical (unpaired) electrons. The largest absolute Gasteiger partial charge is 0.495 e. The summed E-state index contributed by atoms with van der Waals surface area (Å²) in [6.45, 7) is 6.13. The Morgan fingerprint density at radius 2 is 1.94 bits per heavy atom. The Kier molecular flexibility index (Phi) is 9.58. The molecule has 1 saturated heterocycles. The van der Waals surface area contributed by atoms with E-state index in [1.165, 1.54) is 16.7 Å². The Bertz CT molecular complexity index is 2100. The molecule has 7 rings (SSSR count). The van der Waals surface area contributed by atoms with E-state index in [0.717, 1.165) is 25.0 Å². The molecule has 4 heterocycles. The summed E-state index contributed by atoms with van der Waals surface area (Å²) in [7, 11) is -0.731. The van der Waals surface area contributed by atoms with Gasteiger partial charge in [-0.15, -0.1) is 5.10 Å². The van der Waals surface area contributed by atoms with Gasteiger partial charge in [0.1, 0.15) is 34.2 Å². The number of likely N-dealkylation sites (N-methyl/N-ethyl adjacent to an activating group) is 1. The van der Waals surface area contributed by atoms with Crippen LogP contribution in [0.3, 0.4) is 0 Å². The van der Waals surface area contributed by atoms with Gasteiger partial charge < -0.3 is 24.6 Å². The van der Waals surface area contributed by atoms with E-state index in [0.29, 0.717) is 47.6 Å². The van der Waals surface area contributed by atoms with E-state index in [2.05, 4.69) is 20.4 Å². The van der Waals surface area contributed by atoms with Gasteiger partial charge in [0.25, 0.3) is 5.91 Å². The monoisotopic (exact) mass is 768 g/mol. The Morgan fingerprint density at radius 1 is 1.17 bits per heavy atom. The number of carbonyl (C=O) groups is 3.